The average Bonchev–Trinajstić information content (AvgIpc) is 2.46. The number of para-hydroxylation sites is 1. The first-order valence-corrected chi connectivity index (χ1v) is 6.16. The first-order chi connectivity index (χ1) is 9.33. The Bertz CT molecular complexity index is 733. The molecular weight excluding hydrogens is 234 g/mol. The van der Waals surface area contributed by atoms with Gasteiger partial charge in [-0.05, 0) is 36.8 Å². The summed E-state index contributed by atoms with van der Waals surface area (Å²) in [7, 11) is 0. The Morgan fingerprint density at radius 2 is 1.58 bits per heavy atom. The van der Waals surface area contributed by atoms with Crippen LogP contribution in [0.2, 0.25) is 0 Å². The van der Waals surface area contributed by atoms with Gasteiger partial charge in [-0.15, -0.1) is 10.2 Å². The highest BCUT2D eigenvalue weighted by atomic mass is 15.1. The first-order valence-electron chi connectivity index (χ1n) is 6.16. The lowest BCUT2D eigenvalue weighted by Gasteiger charge is -2.02. The minimum absolute atomic E-state index is 0.639. The van der Waals surface area contributed by atoms with Crippen molar-refractivity contribution >= 4 is 22.4 Å². The lowest BCUT2D eigenvalue weighted by molar-refractivity contribution is 1.17. The smallest absolute Gasteiger partial charge is 0.175 e. The van der Waals surface area contributed by atoms with Crippen LogP contribution in [0, 0.1) is 6.92 Å². The minimum atomic E-state index is 0.639. The van der Waals surface area contributed by atoms with Gasteiger partial charge < -0.3 is 0 Å². The number of aryl methyl sites for hydroxylation is 1. The second kappa shape index (κ2) is 4.98. The molecular formula is C16H13N3. The predicted molar refractivity (Wildman–Crippen MR) is 77.1 cm³/mol. The number of pyridine rings is 1. The summed E-state index contributed by atoms with van der Waals surface area (Å²) in [6, 6.07) is 19.7. The molecule has 0 aliphatic carbocycles. The summed E-state index contributed by atoms with van der Waals surface area (Å²) in [5.41, 5.74) is 2.94. The molecule has 1 heterocycles. The molecule has 0 fully saturated rings. The van der Waals surface area contributed by atoms with Crippen LogP contribution in [0.5, 0.6) is 0 Å². The molecule has 3 nitrogen and oxygen atoms in total. The Hall–Kier alpha value is -2.55. The molecule has 0 aliphatic rings. The number of azo groups is 1. The Morgan fingerprint density at radius 1 is 0.842 bits per heavy atom. The monoisotopic (exact) mass is 247 g/mol. The van der Waals surface area contributed by atoms with Crippen LogP contribution in [0.1, 0.15) is 5.56 Å². The Morgan fingerprint density at radius 3 is 2.42 bits per heavy atom. The SMILES string of the molecule is Cc1cc(N=Nc2ccccc2)nc2ccccc12. The molecule has 0 radical (unpaired) electrons. The van der Waals surface area contributed by atoms with Gasteiger partial charge in [-0.25, -0.2) is 4.98 Å². The average molecular weight is 247 g/mol. The number of aromatic nitrogens is 1. The van der Waals surface area contributed by atoms with Gasteiger partial charge in [0, 0.05) is 5.39 Å². The Labute approximate surface area is 111 Å². The molecule has 0 atom stereocenters. The molecule has 0 saturated carbocycles. The van der Waals surface area contributed by atoms with Gasteiger partial charge in [-0.3, -0.25) is 0 Å². The van der Waals surface area contributed by atoms with E-state index in [2.05, 4.69) is 28.2 Å². The lowest BCUT2D eigenvalue weighted by Crippen LogP contribution is -1.82. The van der Waals surface area contributed by atoms with Gasteiger partial charge in [-0.2, -0.15) is 0 Å². The van der Waals surface area contributed by atoms with Crippen LogP contribution >= 0.6 is 0 Å². The van der Waals surface area contributed by atoms with Crippen molar-refractivity contribution in [1.29, 1.82) is 0 Å². The van der Waals surface area contributed by atoms with E-state index in [-0.39, 0.29) is 0 Å². The summed E-state index contributed by atoms with van der Waals surface area (Å²) >= 11 is 0. The van der Waals surface area contributed by atoms with Crippen LogP contribution < -0.4 is 0 Å². The third kappa shape index (κ3) is 2.50. The molecule has 0 saturated heterocycles. The largest absolute Gasteiger partial charge is 0.227 e. The minimum Gasteiger partial charge on any atom is -0.227 e. The summed E-state index contributed by atoms with van der Waals surface area (Å²) in [6.07, 6.45) is 0. The fourth-order valence-electron chi connectivity index (χ4n) is 1.99. The highest BCUT2D eigenvalue weighted by Gasteiger charge is 2.01. The van der Waals surface area contributed by atoms with Crippen LogP contribution in [0.3, 0.4) is 0 Å². The molecule has 92 valence electrons. The van der Waals surface area contributed by atoms with E-state index in [1.165, 1.54) is 0 Å². The van der Waals surface area contributed by atoms with Crippen molar-refractivity contribution in [2.75, 3.05) is 0 Å². The van der Waals surface area contributed by atoms with E-state index in [4.69, 9.17) is 0 Å². The van der Waals surface area contributed by atoms with Crippen molar-refractivity contribution in [3.63, 3.8) is 0 Å². The van der Waals surface area contributed by atoms with Crippen LogP contribution in [0.25, 0.3) is 10.9 Å². The fraction of sp³-hybridized carbons (Fsp3) is 0.0625. The summed E-state index contributed by atoms with van der Waals surface area (Å²) in [5.74, 6) is 0.639. The number of hydrogen-bond acceptors (Lipinski definition) is 3. The van der Waals surface area contributed by atoms with E-state index >= 15 is 0 Å². The summed E-state index contributed by atoms with van der Waals surface area (Å²) < 4.78 is 0. The highest BCUT2D eigenvalue weighted by molar-refractivity contribution is 5.83. The highest BCUT2D eigenvalue weighted by Crippen LogP contribution is 2.23. The molecule has 1 aromatic heterocycles. The third-order valence-corrected chi connectivity index (χ3v) is 2.93. The molecule has 0 amide bonds. The van der Waals surface area contributed by atoms with E-state index in [9.17, 15) is 0 Å². The fourth-order valence-corrected chi connectivity index (χ4v) is 1.99. The summed E-state index contributed by atoms with van der Waals surface area (Å²) in [4.78, 5) is 4.49. The van der Waals surface area contributed by atoms with Crippen molar-refractivity contribution in [2.24, 2.45) is 10.2 Å². The molecule has 0 unspecified atom stereocenters. The van der Waals surface area contributed by atoms with E-state index in [1.807, 2.05) is 54.6 Å². The molecule has 2 aromatic carbocycles. The predicted octanol–water partition coefficient (Wildman–Crippen LogP) is 4.96. The summed E-state index contributed by atoms with van der Waals surface area (Å²) in [5, 5.41) is 9.54. The van der Waals surface area contributed by atoms with Crippen molar-refractivity contribution in [2.45, 2.75) is 6.92 Å². The van der Waals surface area contributed by atoms with Crippen molar-refractivity contribution in [3.8, 4) is 0 Å². The van der Waals surface area contributed by atoms with E-state index in [0.717, 1.165) is 22.2 Å². The van der Waals surface area contributed by atoms with Crippen molar-refractivity contribution in [1.82, 2.24) is 4.98 Å². The zero-order valence-electron chi connectivity index (χ0n) is 10.6. The van der Waals surface area contributed by atoms with Crippen LogP contribution in [-0.2, 0) is 0 Å². The zero-order chi connectivity index (χ0) is 13.1. The summed E-state index contributed by atoms with van der Waals surface area (Å²) in [6.45, 7) is 2.06. The molecule has 3 heteroatoms. The number of nitrogens with zero attached hydrogens (tertiary/aromatic N) is 3. The van der Waals surface area contributed by atoms with Gasteiger partial charge in [0.1, 0.15) is 0 Å². The Kier molecular flexibility index (Phi) is 3.02. The maximum Gasteiger partial charge on any atom is 0.175 e. The molecule has 3 aromatic rings. The molecule has 19 heavy (non-hydrogen) atoms. The number of hydrogen-bond donors (Lipinski definition) is 0. The second-order valence-corrected chi connectivity index (χ2v) is 4.35. The standard InChI is InChI=1S/C16H13N3/c1-12-11-16(17-15-10-6-5-9-14(12)15)19-18-13-7-3-2-4-8-13/h2-11H,1H3. The second-order valence-electron chi connectivity index (χ2n) is 4.35. The van der Waals surface area contributed by atoms with Gasteiger partial charge in [0.15, 0.2) is 5.82 Å². The van der Waals surface area contributed by atoms with Gasteiger partial charge in [0.2, 0.25) is 0 Å². The van der Waals surface area contributed by atoms with Crippen LogP contribution in [-0.4, -0.2) is 4.98 Å². The maximum absolute atomic E-state index is 4.49. The lowest BCUT2D eigenvalue weighted by atomic mass is 10.1. The van der Waals surface area contributed by atoms with Crippen LogP contribution in [0.15, 0.2) is 70.9 Å². The van der Waals surface area contributed by atoms with E-state index < -0.39 is 0 Å². The quantitative estimate of drug-likeness (QED) is 0.590. The molecule has 0 N–H and O–H groups in total. The van der Waals surface area contributed by atoms with Gasteiger partial charge in [-0.1, -0.05) is 36.4 Å². The number of rotatable bonds is 2. The molecule has 3 rings (SSSR count). The normalized spacial score (nSPS) is 11.2. The van der Waals surface area contributed by atoms with Gasteiger partial charge in [0.05, 0.1) is 11.2 Å². The van der Waals surface area contributed by atoms with Crippen LogP contribution in [0.4, 0.5) is 11.5 Å². The molecule has 0 spiro atoms. The Balaban J connectivity index is 2.00. The van der Waals surface area contributed by atoms with Crippen molar-refractivity contribution < 1.29 is 0 Å². The van der Waals surface area contributed by atoms with E-state index in [0.29, 0.717) is 5.82 Å². The van der Waals surface area contributed by atoms with Crippen molar-refractivity contribution in [3.05, 3.63) is 66.2 Å². The van der Waals surface area contributed by atoms with Gasteiger partial charge in [0.25, 0.3) is 0 Å². The number of benzene rings is 2. The third-order valence-electron chi connectivity index (χ3n) is 2.93. The zero-order valence-corrected chi connectivity index (χ0v) is 10.6. The topological polar surface area (TPSA) is 37.6 Å². The first kappa shape index (κ1) is 11.5. The number of fused-ring (bicyclic) bond motifs is 1. The van der Waals surface area contributed by atoms with E-state index in [1.54, 1.807) is 0 Å². The molecule has 0 bridgehead atoms. The maximum atomic E-state index is 4.49. The molecule has 0 aliphatic heterocycles. The van der Waals surface area contributed by atoms with Gasteiger partial charge >= 0.3 is 0 Å².